The fourth-order valence-corrected chi connectivity index (χ4v) is 5.07. The number of aryl methyl sites for hydroxylation is 2. The van der Waals surface area contributed by atoms with Crippen molar-refractivity contribution < 1.29 is 28.2 Å². The minimum Gasteiger partial charge on any atom is -0.460 e. The van der Waals surface area contributed by atoms with Crippen molar-refractivity contribution in [3.05, 3.63) is 59.1 Å². The standard InChI is InChI=1S/C27H27FN4O5/c1-13-18(27(35)31-12-19(28)14(31)2)11-32-25(13)22(8-9-29-32)37-16-4-5-17-23(10-16)36-15(3)24(17)26(34)30-20-6-7-21(20)33/h4-5,8-11,14,19-21,33H,6-7,12H2,1-3H3,(H,30,34)/t14-,19+,20-,21-/m1/s1. The van der Waals surface area contributed by atoms with Crippen LogP contribution in [0.25, 0.3) is 16.5 Å². The number of aliphatic hydroxyl groups excluding tert-OH is 1. The molecule has 1 aliphatic carbocycles. The van der Waals surface area contributed by atoms with Gasteiger partial charge in [0.25, 0.3) is 11.8 Å². The van der Waals surface area contributed by atoms with Gasteiger partial charge in [0.2, 0.25) is 0 Å². The molecular weight excluding hydrogens is 479 g/mol. The molecule has 192 valence electrons. The molecule has 10 heteroatoms. The van der Waals surface area contributed by atoms with Gasteiger partial charge in [-0.05, 0) is 51.3 Å². The number of amides is 2. The number of furan rings is 1. The maximum atomic E-state index is 13.6. The number of nitrogens with zero attached hydrogens (tertiary/aromatic N) is 3. The number of nitrogens with one attached hydrogen (secondary N) is 1. The summed E-state index contributed by atoms with van der Waals surface area (Å²) >= 11 is 0. The van der Waals surface area contributed by atoms with Gasteiger partial charge in [-0.3, -0.25) is 9.59 Å². The Morgan fingerprint density at radius 2 is 2.05 bits per heavy atom. The molecule has 4 atom stereocenters. The molecule has 4 aromatic rings. The van der Waals surface area contributed by atoms with Crippen LogP contribution in [0, 0.1) is 13.8 Å². The van der Waals surface area contributed by atoms with E-state index in [1.54, 1.807) is 55.0 Å². The molecule has 4 heterocycles. The van der Waals surface area contributed by atoms with Crippen LogP contribution in [0.2, 0.25) is 0 Å². The lowest BCUT2D eigenvalue weighted by molar-refractivity contribution is 0.00637. The molecule has 2 fully saturated rings. The Hall–Kier alpha value is -3.92. The number of alkyl halides is 1. The summed E-state index contributed by atoms with van der Waals surface area (Å²) in [6, 6.07) is 6.25. The highest BCUT2D eigenvalue weighted by atomic mass is 19.1. The molecule has 3 aromatic heterocycles. The summed E-state index contributed by atoms with van der Waals surface area (Å²) in [5, 5.41) is 17.7. The Bertz CT molecular complexity index is 1560. The molecular formula is C27H27FN4O5. The third-order valence-corrected chi connectivity index (χ3v) is 7.61. The monoisotopic (exact) mass is 506 g/mol. The largest absolute Gasteiger partial charge is 0.460 e. The summed E-state index contributed by atoms with van der Waals surface area (Å²) in [5.74, 6) is 0.947. The maximum Gasteiger partial charge on any atom is 0.256 e. The van der Waals surface area contributed by atoms with Crippen LogP contribution < -0.4 is 10.1 Å². The Morgan fingerprint density at radius 3 is 2.73 bits per heavy atom. The van der Waals surface area contributed by atoms with Gasteiger partial charge in [-0.1, -0.05) is 0 Å². The average Bonchev–Trinajstić information content (AvgIpc) is 3.40. The Morgan fingerprint density at radius 1 is 1.24 bits per heavy atom. The first-order valence-corrected chi connectivity index (χ1v) is 12.3. The molecule has 1 saturated heterocycles. The summed E-state index contributed by atoms with van der Waals surface area (Å²) in [6.45, 7) is 5.33. The zero-order valence-corrected chi connectivity index (χ0v) is 20.7. The summed E-state index contributed by atoms with van der Waals surface area (Å²) in [6.07, 6.45) is 3.14. The lowest BCUT2D eigenvalue weighted by Gasteiger charge is -2.41. The van der Waals surface area contributed by atoms with Gasteiger partial charge in [0.1, 0.15) is 28.8 Å². The number of aromatic nitrogens is 2. The Labute approximate surface area is 211 Å². The van der Waals surface area contributed by atoms with E-state index >= 15 is 0 Å². The van der Waals surface area contributed by atoms with Crippen LogP contribution in [-0.2, 0) is 0 Å². The molecule has 0 spiro atoms. The van der Waals surface area contributed by atoms with Crippen molar-refractivity contribution in [3.63, 3.8) is 0 Å². The van der Waals surface area contributed by atoms with Crippen LogP contribution in [-0.4, -0.2) is 62.3 Å². The van der Waals surface area contributed by atoms with Gasteiger partial charge in [0, 0.05) is 23.7 Å². The van der Waals surface area contributed by atoms with Crippen LogP contribution in [0.4, 0.5) is 4.39 Å². The first-order valence-electron chi connectivity index (χ1n) is 12.3. The third kappa shape index (κ3) is 3.74. The van der Waals surface area contributed by atoms with Gasteiger partial charge in [-0.25, -0.2) is 8.91 Å². The third-order valence-electron chi connectivity index (χ3n) is 7.61. The fourth-order valence-electron chi connectivity index (χ4n) is 5.07. The first-order chi connectivity index (χ1) is 17.7. The van der Waals surface area contributed by atoms with E-state index in [1.807, 2.05) is 6.92 Å². The highest BCUT2D eigenvalue weighted by molar-refractivity contribution is 6.07. The van der Waals surface area contributed by atoms with E-state index in [0.29, 0.717) is 56.9 Å². The zero-order valence-electron chi connectivity index (χ0n) is 20.7. The van der Waals surface area contributed by atoms with Crippen LogP contribution in [0.3, 0.4) is 0 Å². The Kier molecular flexibility index (Phi) is 5.45. The maximum absolute atomic E-state index is 13.6. The molecule has 1 aliphatic heterocycles. The minimum absolute atomic E-state index is 0.0895. The van der Waals surface area contributed by atoms with Crippen molar-refractivity contribution >= 4 is 28.3 Å². The number of hydrogen-bond donors (Lipinski definition) is 2. The predicted octanol–water partition coefficient (Wildman–Crippen LogP) is 3.93. The minimum atomic E-state index is -1.00. The van der Waals surface area contributed by atoms with E-state index < -0.39 is 18.3 Å². The highest BCUT2D eigenvalue weighted by Gasteiger charge is 2.40. The van der Waals surface area contributed by atoms with Gasteiger partial charge in [0.05, 0.1) is 42.1 Å². The van der Waals surface area contributed by atoms with Crippen LogP contribution in [0.15, 0.2) is 41.1 Å². The first kappa shape index (κ1) is 23.5. The van der Waals surface area contributed by atoms with Gasteiger partial charge in [-0.2, -0.15) is 5.10 Å². The van der Waals surface area contributed by atoms with Crippen LogP contribution >= 0.6 is 0 Å². The topological polar surface area (TPSA) is 109 Å². The van der Waals surface area contributed by atoms with Gasteiger partial charge < -0.3 is 24.5 Å². The highest BCUT2D eigenvalue weighted by Crippen LogP contribution is 2.35. The number of rotatable bonds is 5. The van der Waals surface area contributed by atoms with E-state index in [-0.39, 0.29) is 24.4 Å². The van der Waals surface area contributed by atoms with Crippen molar-refractivity contribution in [3.8, 4) is 11.5 Å². The number of ether oxygens (including phenoxy) is 1. The number of hydrogen-bond acceptors (Lipinski definition) is 6. The van der Waals surface area contributed by atoms with Crippen molar-refractivity contribution in [1.82, 2.24) is 19.8 Å². The van der Waals surface area contributed by atoms with E-state index in [4.69, 9.17) is 9.15 Å². The number of benzene rings is 1. The van der Waals surface area contributed by atoms with Crippen LogP contribution in [0.1, 0.15) is 51.8 Å². The molecule has 9 nitrogen and oxygen atoms in total. The van der Waals surface area contributed by atoms with Gasteiger partial charge in [0.15, 0.2) is 5.75 Å². The molecule has 0 bridgehead atoms. The van der Waals surface area contributed by atoms with E-state index in [1.165, 1.54) is 4.90 Å². The van der Waals surface area contributed by atoms with Gasteiger partial charge in [-0.15, -0.1) is 0 Å². The summed E-state index contributed by atoms with van der Waals surface area (Å²) in [7, 11) is 0. The molecule has 6 rings (SSSR count). The van der Waals surface area contributed by atoms with E-state index in [2.05, 4.69) is 10.4 Å². The quantitative estimate of drug-likeness (QED) is 0.425. The number of aliphatic hydroxyl groups is 1. The summed E-state index contributed by atoms with van der Waals surface area (Å²) < 4.78 is 27.3. The fraction of sp³-hybridized carbons (Fsp3) is 0.370. The SMILES string of the molecule is Cc1oc2cc(Oc3ccnn4cc(C(=O)N5C[C@H](F)[C@H]5C)c(C)c34)ccc2c1C(=O)N[C@@H]1CC[C@H]1O. The molecule has 0 unspecified atom stereocenters. The second-order valence-corrected chi connectivity index (χ2v) is 9.89. The number of fused-ring (bicyclic) bond motifs is 2. The second kappa shape index (κ2) is 8.58. The lowest BCUT2D eigenvalue weighted by Crippen LogP contribution is -2.58. The Balaban J connectivity index is 1.29. The van der Waals surface area contributed by atoms with E-state index in [0.717, 1.165) is 6.42 Å². The number of likely N-dealkylation sites (tertiary alicyclic amines) is 1. The average molecular weight is 507 g/mol. The van der Waals surface area contributed by atoms with Crippen LogP contribution in [0.5, 0.6) is 11.5 Å². The number of carbonyl (C=O) groups excluding carboxylic acids is 2. The second-order valence-electron chi connectivity index (χ2n) is 9.89. The van der Waals surface area contributed by atoms with Crippen molar-refractivity contribution in [2.75, 3.05) is 6.54 Å². The van der Waals surface area contributed by atoms with Crippen molar-refractivity contribution in [2.45, 2.75) is 58.0 Å². The number of carbonyl (C=O) groups is 2. The molecule has 2 amide bonds. The smallest absolute Gasteiger partial charge is 0.256 e. The van der Waals surface area contributed by atoms with E-state index in [9.17, 15) is 19.1 Å². The molecule has 2 aliphatic rings. The summed E-state index contributed by atoms with van der Waals surface area (Å²) in [4.78, 5) is 27.4. The molecule has 0 radical (unpaired) electrons. The lowest BCUT2D eigenvalue weighted by atomic mass is 9.89. The molecule has 37 heavy (non-hydrogen) atoms. The molecule has 1 saturated carbocycles. The summed E-state index contributed by atoms with van der Waals surface area (Å²) in [5.41, 5.74) is 2.70. The molecule has 1 aromatic carbocycles. The van der Waals surface area contributed by atoms with Crippen molar-refractivity contribution in [2.24, 2.45) is 0 Å². The normalized spacial score (nSPS) is 23.1. The number of halogens is 1. The van der Waals surface area contributed by atoms with Gasteiger partial charge >= 0.3 is 0 Å². The zero-order chi connectivity index (χ0) is 26.0. The predicted molar refractivity (Wildman–Crippen MR) is 133 cm³/mol. The van der Waals surface area contributed by atoms with Crippen molar-refractivity contribution in [1.29, 1.82) is 0 Å². The molecule has 2 N–H and O–H groups in total.